The third-order valence-electron chi connectivity index (χ3n) is 11.6. The molecule has 12 nitrogen and oxygen atoms in total. The zero-order chi connectivity index (χ0) is 41.8. The Morgan fingerprint density at radius 3 is 2.58 bits per heavy atom. The average Bonchev–Trinajstić information content (AvgIpc) is 3.24. The minimum Gasteiger partial charge on any atom is -0.459 e. The largest absolute Gasteiger partial charge is 0.459 e. The summed E-state index contributed by atoms with van der Waals surface area (Å²) in [6.07, 6.45) is 7.42. The van der Waals surface area contributed by atoms with Crippen molar-refractivity contribution in [3.8, 4) is 11.5 Å². The van der Waals surface area contributed by atoms with Crippen LogP contribution < -0.4 is 14.8 Å². The predicted molar refractivity (Wildman–Crippen MR) is 228 cm³/mol. The van der Waals surface area contributed by atoms with E-state index in [1.807, 2.05) is 68.4 Å². The Labute approximate surface area is 352 Å². The van der Waals surface area contributed by atoms with E-state index in [0.29, 0.717) is 43.2 Å². The Hall–Kier alpha value is -4.62. The van der Waals surface area contributed by atoms with Gasteiger partial charge in [0.05, 0.1) is 30.7 Å². The Bertz CT molecular complexity index is 1970. The van der Waals surface area contributed by atoms with Gasteiger partial charge >= 0.3 is 12.2 Å². The van der Waals surface area contributed by atoms with Crippen molar-refractivity contribution in [1.82, 2.24) is 10.2 Å². The topological polar surface area (TPSA) is 148 Å². The van der Waals surface area contributed by atoms with Crippen molar-refractivity contribution in [2.45, 2.75) is 83.1 Å². The van der Waals surface area contributed by atoms with Crippen molar-refractivity contribution in [3.63, 3.8) is 0 Å². The Balaban J connectivity index is 1.61. The van der Waals surface area contributed by atoms with Crippen LogP contribution in [0.4, 0.5) is 9.59 Å². The van der Waals surface area contributed by atoms with E-state index in [1.54, 1.807) is 17.0 Å². The monoisotopic (exact) mass is 831 g/mol. The Morgan fingerprint density at radius 1 is 1.05 bits per heavy atom. The van der Waals surface area contributed by atoms with Gasteiger partial charge in [-0.05, 0) is 91.5 Å². The van der Waals surface area contributed by atoms with Crippen LogP contribution in [0.1, 0.15) is 75.8 Å². The summed E-state index contributed by atoms with van der Waals surface area (Å²) < 4.78 is 26.0. The number of nitrogens with one attached hydrogen (secondary N) is 1. The summed E-state index contributed by atoms with van der Waals surface area (Å²) >= 11 is 6.11. The van der Waals surface area contributed by atoms with Crippen molar-refractivity contribution in [1.29, 1.82) is 0 Å². The number of aliphatic hydroxyl groups is 2. The molecular weight excluding hydrogens is 774 g/mol. The van der Waals surface area contributed by atoms with Gasteiger partial charge in [-0.25, -0.2) is 9.59 Å². The second-order valence-electron chi connectivity index (χ2n) is 15.2. The summed E-state index contributed by atoms with van der Waals surface area (Å²) in [6.45, 7) is 8.86. The third kappa shape index (κ3) is 9.72. The van der Waals surface area contributed by atoms with Crippen LogP contribution in [0.25, 0.3) is 10.8 Å². The van der Waals surface area contributed by atoms with Gasteiger partial charge in [0.15, 0.2) is 0 Å². The molecule has 59 heavy (non-hydrogen) atoms. The number of hydrogen-bond donors (Lipinski definition) is 3. The molecular formula is C46H58ClN3O9. The third-order valence-corrected chi connectivity index (χ3v) is 11.8. The molecule has 3 aliphatic rings. The van der Waals surface area contributed by atoms with E-state index in [0.717, 1.165) is 53.2 Å². The Morgan fingerprint density at radius 2 is 1.83 bits per heavy atom. The zero-order valence-electron chi connectivity index (χ0n) is 34.2. The number of halogens is 1. The summed E-state index contributed by atoms with van der Waals surface area (Å²) in [5.41, 5.74) is 3.31. The predicted octanol–water partition coefficient (Wildman–Crippen LogP) is 8.48. The summed E-state index contributed by atoms with van der Waals surface area (Å²) in [4.78, 5) is 34.9. The molecule has 3 N–H and O–H groups in total. The molecule has 0 aromatic heterocycles. The Kier molecular flexibility index (Phi) is 15.7. The first-order valence-corrected chi connectivity index (χ1v) is 21.5. The molecule has 1 heterocycles. The van der Waals surface area contributed by atoms with Gasteiger partial charge in [0, 0.05) is 37.7 Å². The zero-order valence-corrected chi connectivity index (χ0v) is 34.9. The molecule has 3 aromatic carbocycles. The van der Waals surface area contributed by atoms with Gasteiger partial charge in [0.1, 0.15) is 30.8 Å². The number of carbonyl (C=O) groups excluding carboxylic acids is 2. The summed E-state index contributed by atoms with van der Waals surface area (Å²) in [5.74, 6) is -1.30. The maximum atomic E-state index is 14.6. The quantitative estimate of drug-likeness (QED) is 0.0441. The second-order valence-corrected chi connectivity index (χ2v) is 15.6. The molecule has 13 heteroatoms. The lowest BCUT2D eigenvalue weighted by atomic mass is 9.55. The standard InChI is InChI=1S/C46H58ClN3O9/c1-4-25-56-46-41(50(45(54)55-26-22-47)30-33-17-13-16-31-14-7-8-18-35(31)33)29-39(49-57-6-3)37-27-32(15-9-11-23-51)36(19-10-12-24-52)42(43(37)46)38-28-34(20-21-40(38)59-46)58-44(53)48-5-2/h4,7-8,13-14,16-18,20-21,27-28,32,36,41-43,51-52H,1,5-6,9-12,15,19,22-26,29-30H2,2-3H3,(H,48,53)/t32-,36+,41-,42+,43+,46+/m0/s1. The molecule has 1 fully saturated rings. The van der Waals surface area contributed by atoms with Crippen LogP contribution in [0.3, 0.4) is 0 Å². The van der Waals surface area contributed by atoms with Gasteiger partial charge in [-0.2, -0.15) is 0 Å². The number of oxime groups is 1. The van der Waals surface area contributed by atoms with Gasteiger partial charge in [0.2, 0.25) is 5.79 Å². The molecule has 0 spiro atoms. The van der Waals surface area contributed by atoms with Crippen molar-refractivity contribution < 1.29 is 43.6 Å². The minimum absolute atomic E-state index is 0.00269. The molecule has 0 radical (unpaired) electrons. The van der Waals surface area contributed by atoms with Crippen LogP contribution in [0.15, 0.2) is 90.1 Å². The van der Waals surface area contributed by atoms with Crippen molar-refractivity contribution in [3.05, 3.63) is 96.1 Å². The van der Waals surface area contributed by atoms with E-state index in [9.17, 15) is 19.8 Å². The molecule has 6 atom stereocenters. The lowest BCUT2D eigenvalue weighted by Gasteiger charge is -2.59. The number of fused-ring (bicyclic) bond motifs is 3. The van der Waals surface area contributed by atoms with Crippen molar-refractivity contribution >= 4 is 40.3 Å². The van der Waals surface area contributed by atoms with Gasteiger partial charge in [-0.1, -0.05) is 72.6 Å². The van der Waals surface area contributed by atoms with Gasteiger partial charge in [-0.15, -0.1) is 18.2 Å². The molecule has 318 valence electrons. The molecule has 0 bridgehead atoms. The van der Waals surface area contributed by atoms with Crippen LogP contribution in [0, 0.1) is 17.8 Å². The first-order chi connectivity index (χ1) is 28.8. The fourth-order valence-corrected chi connectivity index (χ4v) is 9.34. The van der Waals surface area contributed by atoms with E-state index < -0.39 is 29.9 Å². The number of amides is 2. The van der Waals surface area contributed by atoms with Crippen molar-refractivity contribution in [2.24, 2.45) is 22.9 Å². The highest BCUT2D eigenvalue weighted by Crippen LogP contribution is 2.62. The number of alkyl halides is 1. The average molecular weight is 832 g/mol. The number of ether oxygens (including phenoxy) is 4. The SMILES string of the molecule is C=CCO[C@@]12Oc3ccc(OC(=O)NCC)cc3[C@H]3[C@H](CCCCO)[C@@H](CCCCO)C=C(C(=NOCC)C[C@@H]1N(Cc1cccc4ccccc14)C(=O)OCCCl)[C@H]32. The van der Waals surface area contributed by atoms with E-state index in [-0.39, 0.29) is 63.0 Å². The van der Waals surface area contributed by atoms with Crippen molar-refractivity contribution in [2.75, 3.05) is 45.5 Å². The minimum atomic E-state index is -1.50. The number of hydrogen-bond acceptors (Lipinski definition) is 10. The van der Waals surface area contributed by atoms with Crippen LogP contribution >= 0.6 is 11.6 Å². The molecule has 0 unspecified atom stereocenters. The molecule has 3 aromatic rings. The lowest BCUT2D eigenvalue weighted by Crippen LogP contribution is -2.70. The highest BCUT2D eigenvalue weighted by atomic mass is 35.5. The smallest absolute Gasteiger partial charge is 0.412 e. The summed E-state index contributed by atoms with van der Waals surface area (Å²) in [7, 11) is 0. The maximum absolute atomic E-state index is 14.6. The first kappa shape index (κ1) is 43.9. The van der Waals surface area contributed by atoms with Crippen LogP contribution in [-0.2, 0) is 20.9 Å². The van der Waals surface area contributed by atoms with E-state index in [2.05, 4.69) is 18.0 Å². The number of nitrogens with zero attached hydrogens (tertiary/aromatic N) is 2. The molecule has 6 rings (SSSR count). The summed E-state index contributed by atoms with van der Waals surface area (Å²) in [5, 5.41) is 29.3. The fraction of sp³-hybridized carbons (Fsp3) is 0.500. The molecule has 2 aliphatic carbocycles. The second kappa shape index (κ2) is 21.1. The van der Waals surface area contributed by atoms with E-state index in [4.69, 9.17) is 40.5 Å². The van der Waals surface area contributed by atoms with Crippen LogP contribution in [0.5, 0.6) is 11.5 Å². The number of aliphatic hydroxyl groups excluding tert-OH is 2. The maximum Gasteiger partial charge on any atom is 0.412 e. The molecule has 1 saturated carbocycles. The normalized spacial score (nSPS) is 23.6. The van der Waals surface area contributed by atoms with Gasteiger partial charge in [0.25, 0.3) is 0 Å². The van der Waals surface area contributed by atoms with Gasteiger partial charge < -0.3 is 39.3 Å². The number of benzene rings is 3. The van der Waals surface area contributed by atoms with Gasteiger partial charge in [-0.3, -0.25) is 4.90 Å². The highest BCUT2D eigenvalue weighted by Gasteiger charge is 2.65. The lowest BCUT2D eigenvalue weighted by molar-refractivity contribution is -0.256. The first-order valence-electron chi connectivity index (χ1n) is 21.0. The molecule has 1 aliphatic heterocycles. The van der Waals surface area contributed by atoms with E-state index in [1.165, 1.54) is 0 Å². The van der Waals surface area contributed by atoms with Crippen LogP contribution in [0.2, 0.25) is 0 Å². The number of allylic oxidation sites excluding steroid dienone is 1. The number of unbranched alkanes of at least 4 members (excludes halogenated alkanes) is 2. The number of carbonyl (C=O) groups is 2. The number of rotatable bonds is 20. The van der Waals surface area contributed by atoms with E-state index >= 15 is 0 Å². The molecule has 2 amide bonds. The fourth-order valence-electron chi connectivity index (χ4n) is 9.27. The van der Waals surface area contributed by atoms with Crippen LogP contribution in [-0.4, -0.2) is 90.3 Å². The highest BCUT2D eigenvalue weighted by molar-refractivity contribution is 6.18. The molecule has 0 saturated heterocycles. The summed E-state index contributed by atoms with van der Waals surface area (Å²) in [6, 6.07) is 18.7.